The molecule has 0 N–H and O–H groups in total. The number of rotatable bonds is 1. The zero-order chi connectivity index (χ0) is 10.1. The van der Waals surface area contributed by atoms with E-state index in [1.165, 1.54) is 7.11 Å². The van der Waals surface area contributed by atoms with Crippen LogP contribution in [-0.2, 0) is 5.41 Å². The van der Waals surface area contributed by atoms with Crippen molar-refractivity contribution in [2.75, 3.05) is 7.11 Å². The summed E-state index contributed by atoms with van der Waals surface area (Å²) in [4.78, 5) is 11.9. The zero-order valence-corrected chi connectivity index (χ0v) is 8.88. The van der Waals surface area contributed by atoms with Crippen molar-refractivity contribution in [2.24, 2.45) is 0 Å². The summed E-state index contributed by atoms with van der Waals surface area (Å²) in [5.74, 6) is 0.629. The van der Waals surface area contributed by atoms with Crippen LogP contribution in [0.3, 0.4) is 0 Å². The number of hydrogen-bond donors (Lipinski definition) is 0. The van der Waals surface area contributed by atoms with Gasteiger partial charge in [0.1, 0.15) is 5.82 Å². The van der Waals surface area contributed by atoms with Gasteiger partial charge in [0.15, 0.2) is 0 Å². The first kappa shape index (κ1) is 10.2. The molecule has 0 unspecified atom stereocenters. The van der Waals surface area contributed by atoms with Crippen LogP contribution >= 0.6 is 11.6 Å². The molecular formula is C8H12ClN3O. The first-order valence-electron chi connectivity index (χ1n) is 3.89. The van der Waals surface area contributed by atoms with Crippen molar-refractivity contribution >= 4 is 11.6 Å². The molecule has 1 heterocycles. The summed E-state index contributed by atoms with van der Waals surface area (Å²) in [6.45, 7) is 5.99. The second kappa shape index (κ2) is 3.46. The zero-order valence-electron chi connectivity index (χ0n) is 8.13. The maximum atomic E-state index is 5.69. The maximum absolute atomic E-state index is 5.69. The van der Waals surface area contributed by atoms with Crippen LogP contribution in [0.2, 0.25) is 5.28 Å². The Bertz CT molecular complexity index is 309. The Morgan fingerprint density at radius 2 is 1.77 bits per heavy atom. The summed E-state index contributed by atoms with van der Waals surface area (Å²) in [6.07, 6.45) is 0. The number of nitrogens with zero attached hydrogens (tertiary/aromatic N) is 3. The summed E-state index contributed by atoms with van der Waals surface area (Å²) >= 11 is 5.69. The van der Waals surface area contributed by atoms with Gasteiger partial charge in [0.2, 0.25) is 5.28 Å². The highest BCUT2D eigenvalue weighted by atomic mass is 35.5. The van der Waals surface area contributed by atoms with E-state index in [9.17, 15) is 0 Å². The normalized spacial score (nSPS) is 11.5. The Morgan fingerprint density at radius 3 is 2.23 bits per heavy atom. The van der Waals surface area contributed by atoms with Crippen LogP contribution < -0.4 is 4.74 Å². The molecule has 0 spiro atoms. The summed E-state index contributed by atoms with van der Waals surface area (Å²) in [5, 5.41) is 0.164. The third kappa shape index (κ3) is 2.52. The molecule has 4 nitrogen and oxygen atoms in total. The van der Waals surface area contributed by atoms with Crippen LogP contribution in [0.4, 0.5) is 0 Å². The van der Waals surface area contributed by atoms with Gasteiger partial charge in [-0.15, -0.1) is 0 Å². The van der Waals surface area contributed by atoms with Crippen molar-refractivity contribution in [3.8, 4) is 6.01 Å². The van der Waals surface area contributed by atoms with E-state index < -0.39 is 0 Å². The molecule has 0 aliphatic heterocycles. The Hall–Kier alpha value is -0.900. The van der Waals surface area contributed by atoms with Crippen molar-refractivity contribution in [3.05, 3.63) is 11.1 Å². The molecule has 0 aliphatic carbocycles. The lowest BCUT2D eigenvalue weighted by Crippen LogP contribution is -2.17. The third-order valence-corrected chi connectivity index (χ3v) is 1.61. The molecule has 5 heteroatoms. The van der Waals surface area contributed by atoms with Crippen LogP contribution in [0.15, 0.2) is 0 Å². The molecule has 0 aromatic carbocycles. The van der Waals surface area contributed by atoms with Crippen molar-refractivity contribution in [2.45, 2.75) is 26.2 Å². The van der Waals surface area contributed by atoms with Gasteiger partial charge < -0.3 is 4.74 Å². The van der Waals surface area contributed by atoms with Crippen LogP contribution in [0.25, 0.3) is 0 Å². The number of ether oxygens (including phenoxy) is 1. The van der Waals surface area contributed by atoms with Gasteiger partial charge in [0.25, 0.3) is 0 Å². The molecule has 72 valence electrons. The molecule has 0 aliphatic rings. The van der Waals surface area contributed by atoms with Gasteiger partial charge in [-0.05, 0) is 11.6 Å². The average Bonchev–Trinajstić information content (AvgIpc) is 2.01. The van der Waals surface area contributed by atoms with Crippen molar-refractivity contribution in [3.63, 3.8) is 0 Å². The SMILES string of the molecule is COc1nc(Cl)nc(C(C)(C)C)n1. The third-order valence-electron chi connectivity index (χ3n) is 1.44. The molecule has 1 rings (SSSR count). The van der Waals surface area contributed by atoms with Gasteiger partial charge in [0.05, 0.1) is 7.11 Å². The van der Waals surface area contributed by atoms with E-state index in [0.717, 1.165) is 0 Å². The van der Waals surface area contributed by atoms with E-state index in [2.05, 4.69) is 15.0 Å². The lowest BCUT2D eigenvalue weighted by molar-refractivity contribution is 0.369. The van der Waals surface area contributed by atoms with Crippen molar-refractivity contribution in [1.29, 1.82) is 0 Å². The molecule has 0 atom stereocenters. The first-order chi connectivity index (χ1) is 5.93. The lowest BCUT2D eigenvalue weighted by Gasteiger charge is -2.16. The highest BCUT2D eigenvalue weighted by Gasteiger charge is 2.19. The van der Waals surface area contributed by atoms with Gasteiger partial charge in [-0.1, -0.05) is 20.8 Å². The van der Waals surface area contributed by atoms with Crippen LogP contribution in [0.5, 0.6) is 6.01 Å². The fourth-order valence-corrected chi connectivity index (χ4v) is 0.911. The van der Waals surface area contributed by atoms with Gasteiger partial charge >= 0.3 is 6.01 Å². The highest BCUT2D eigenvalue weighted by molar-refractivity contribution is 6.28. The minimum Gasteiger partial charge on any atom is -0.467 e. The minimum absolute atomic E-state index is 0.153. The molecule has 13 heavy (non-hydrogen) atoms. The van der Waals surface area contributed by atoms with Crippen LogP contribution in [-0.4, -0.2) is 22.1 Å². The van der Waals surface area contributed by atoms with E-state index in [1.54, 1.807) is 0 Å². The molecule has 0 fully saturated rings. The Balaban J connectivity index is 3.16. The highest BCUT2D eigenvalue weighted by Crippen LogP contribution is 2.20. The molecule has 0 saturated carbocycles. The van der Waals surface area contributed by atoms with Gasteiger partial charge in [-0.25, -0.2) is 4.98 Å². The largest absolute Gasteiger partial charge is 0.467 e. The number of aromatic nitrogens is 3. The van der Waals surface area contributed by atoms with Crippen molar-refractivity contribution in [1.82, 2.24) is 15.0 Å². The van der Waals surface area contributed by atoms with Gasteiger partial charge in [-0.2, -0.15) is 9.97 Å². The molecule has 0 bridgehead atoms. The predicted octanol–water partition coefficient (Wildman–Crippen LogP) is 1.83. The Labute approximate surface area is 82.3 Å². The molecule has 0 saturated heterocycles. The van der Waals surface area contributed by atoms with E-state index in [1.807, 2.05) is 20.8 Å². The summed E-state index contributed by atoms with van der Waals surface area (Å²) in [5.41, 5.74) is -0.153. The van der Waals surface area contributed by atoms with Gasteiger partial charge in [-0.3, -0.25) is 0 Å². The topological polar surface area (TPSA) is 47.9 Å². The first-order valence-corrected chi connectivity index (χ1v) is 4.27. The Morgan fingerprint density at radius 1 is 1.15 bits per heavy atom. The van der Waals surface area contributed by atoms with E-state index in [0.29, 0.717) is 5.82 Å². The molecule has 1 aromatic rings. The summed E-state index contributed by atoms with van der Waals surface area (Å²) in [6, 6.07) is 0.255. The quantitative estimate of drug-likeness (QED) is 0.696. The number of hydrogen-bond acceptors (Lipinski definition) is 4. The second-order valence-electron chi connectivity index (χ2n) is 3.66. The predicted molar refractivity (Wildman–Crippen MR) is 50.1 cm³/mol. The van der Waals surface area contributed by atoms with Crippen molar-refractivity contribution < 1.29 is 4.74 Å². The minimum atomic E-state index is -0.153. The maximum Gasteiger partial charge on any atom is 0.320 e. The molecule has 1 aromatic heterocycles. The Kier molecular flexibility index (Phi) is 2.71. The number of methoxy groups -OCH3 is 1. The smallest absolute Gasteiger partial charge is 0.320 e. The van der Waals surface area contributed by atoms with E-state index >= 15 is 0 Å². The standard InChI is InChI=1S/C8H12ClN3O/c1-8(2,3)5-10-6(9)12-7(11-5)13-4/h1-4H3. The van der Waals surface area contributed by atoms with Gasteiger partial charge in [0, 0.05) is 5.41 Å². The van der Waals surface area contributed by atoms with E-state index in [-0.39, 0.29) is 16.7 Å². The second-order valence-corrected chi connectivity index (χ2v) is 4.00. The van der Waals surface area contributed by atoms with E-state index in [4.69, 9.17) is 16.3 Å². The molecule has 0 amide bonds. The summed E-state index contributed by atoms with van der Waals surface area (Å²) in [7, 11) is 1.50. The summed E-state index contributed by atoms with van der Waals surface area (Å²) < 4.78 is 4.88. The number of halogens is 1. The van der Waals surface area contributed by atoms with Crippen LogP contribution in [0.1, 0.15) is 26.6 Å². The molecule has 0 radical (unpaired) electrons. The lowest BCUT2D eigenvalue weighted by atomic mass is 9.96. The fourth-order valence-electron chi connectivity index (χ4n) is 0.759. The fraction of sp³-hybridized carbons (Fsp3) is 0.625. The molecular weight excluding hydrogens is 190 g/mol. The van der Waals surface area contributed by atoms with Crippen LogP contribution in [0, 0.1) is 0 Å². The monoisotopic (exact) mass is 201 g/mol. The average molecular weight is 202 g/mol.